The average molecular weight is 534 g/mol. The Morgan fingerprint density at radius 1 is 1.10 bits per heavy atom. The molecule has 3 aromatic heterocycles. The molecule has 4 heterocycles. The fourth-order valence-electron chi connectivity index (χ4n) is 6.02. The molecule has 4 atom stereocenters. The number of benzene rings is 1. The van der Waals surface area contributed by atoms with Crippen LogP contribution in [0.25, 0.3) is 22.1 Å². The lowest BCUT2D eigenvalue weighted by atomic mass is 9.72. The molecule has 1 aromatic carbocycles. The first-order chi connectivity index (χ1) is 18.7. The number of H-pyrrole nitrogens is 1. The number of ether oxygens (including phenoxy) is 1. The topological polar surface area (TPSA) is 147 Å². The number of aryl methyl sites for hydroxylation is 1. The molecule has 1 saturated heterocycles. The minimum Gasteiger partial charge on any atom is -0.387 e. The Morgan fingerprint density at radius 3 is 2.72 bits per heavy atom. The standard InChI is InChI=1S/C29H39N7O3/c1-29(2,3)18-5-6-20-21(12-18)35-23(34-20)7-4-16-10-17(11-16)13-31-14-22-24(37)25(38)28(39-22)36-9-8-19-26(30)32-15-33-27(19)36/h5-6,8-9,12,15-17,22,24-25,28,31,37-38H,4,7,10-11,13-14H2,1-3H3,(H,34,35)(H2,30,32,33)/t16?,17?,22-,24-,25-,28-/m1/s1. The number of fused-ring (bicyclic) bond motifs is 2. The number of hydrogen-bond donors (Lipinski definition) is 5. The quantitative estimate of drug-likeness (QED) is 0.232. The van der Waals surface area contributed by atoms with Crippen LogP contribution in [-0.4, -0.2) is 66.1 Å². The minimum absolute atomic E-state index is 0.125. The summed E-state index contributed by atoms with van der Waals surface area (Å²) in [5.41, 5.74) is 10.1. The number of imidazole rings is 1. The van der Waals surface area contributed by atoms with E-state index >= 15 is 0 Å². The molecular formula is C29H39N7O3. The first-order valence-corrected chi connectivity index (χ1v) is 14.0. The number of anilines is 1. The Balaban J connectivity index is 0.948. The van der Waals surface area contributed by atoms with Crippen molar-refractivity contribution in [1.29, 1.82) is 0 Å². The van der Waals surface area contributed by atoms with E-state index in [9.17, 15) is 10.2 Å². The summed E-state index contributed by atoms with van der Waals surface area (Å²) in [6, 6.07) is 8.33. The van der Waals surface area contributed by atoms with Gasteiger partial charge in [-0.25, -0.2) is 15.0 Å². The summed E-state index contributed by atoms with van der Waals surface area (Å²) in [4.78, 5) is 16.6. The third-order valence-electron chi connectivity index (χ3n) is 8.45. The van der Waals surface area contributed by atoms with Gasteiger partial charge in [0.25, 0.3) is 0 Å². The fraction of sp³-hybridized carbons (Fsp3) is 0.552. The summed E-state index contributed by atoms with van der Waals surface area (Å²) in [5, 5.41) is 25.4. The predicted octanol–water partition coefficient (Wildman–Crippen LogP) is 3.06. The molecule has 10 heteroatoms. The molecule has 10 nitrogen and oxygen atoms in total. The van der Waals surface area contributed by atoms with Gasteiger partial charge in [-0.3, -0.25) is 0 Å². The van der Waals surface area contributed by atoms with E-state index in [-0.39, 0.29) is 5.41 Å². The normalized spacial score (nSPS) is 27.4. The molecule has 2 aliphatic rings. The Labute approximate surface area is 228 Å². The maximum atomic E-state index is 10.7. The molecule has 39 heavy (non-hydrogen) atoms. The zero-order valence-corrected chi connectivity index (χ0v) is 22.8. The maximum Gasteiger partial charge on any atom is 0.164 e. The SMILES string of the molecule is CC(C)(C)c1ccc2nc(CCC3CC(CNC[C@H]4O[C@@H](n5ccc6c(N)ncnc65)[C@H](O)[C@@H]4O)C3)[nH]c2c1. The van der Waals surface area contributed by atoms with Crippen molar-refractivity contribution in [2.24, 2.45) is 11.8 Å². The molecule has 6 rings (SSSR count). The Morgan fingerprint density at radius 2 is 1.92 bits per heavy atom. The van der Waals surface area contributed by atoms with E-state index in [1.807, 2.05) is 0 Å². The Hall–Kier alpha value is -3.05. The molecule has 4 aromatic rings. The third-order valence-corrected chi connectivity index (χ3v) is 8.45. The van der Waals surface area contributed by atoms with E-state index in [4.69, 9.17) is 15.5 Å². The summed E-state index contributed by atoms with van der Waals surface area (Å²) in [6.07, 6.45) is 4.34. The van der Waals surface area contributed by atoms with Gasteiger partial charge in [0.15, 0.2) is 6.23 Å². The monoisotopic (exact) mass is 533 g/mol. The van der Waals surface area contributed by atoms with E-state index in [1.165, 1.54) is 24.7 Å². The van der Waals surface area contributed by atoms with Gasteiger partial charge in [-0.1, -0.05) is 26.8 Å². The highest BCUT2D eigenvalue weighted by molar-refractivity contribution is 5.86. The van der Waals surface area contributed by atoms with Crippen LogP contribution in [0, 0.1) is 11.8 Å². The van der Waals surface area contributed by atoms with Gasteiger partial charge in [-0.15, -0.1) is 0 Å². The van der Waals surface area contributed by atoms with E-state index in [2.05, 4.69) is 59.2 Å². The van der Waals surface area contributed by atoms with Gasteiger partial charge in [0.05, 0.1) is 16.4 Å². The largest absolute Gasteiger partial charge is 0.387 e. The van der Waals surface area contributed by atoms with Gasteiger partial charge >= 0.3 is 0 Å². The van der Waals surface area contributed by atoms with E-state index in [0.29, 0.717) is 35.2 Å². The molecule has 1 saturated carbocycles. The van der Waals surface area contributed by atoms with Crippen molar-refractivity contribution in [1.82, 2.24) is 29.8 Å². The number of aliphatic hydroxyl groups excluding tert-OH is 2. The van der Waals surface area contributed by atoms with Crippen molar-refractivity contribution in [3.63, 3.8) is 0 Å². The number of aromatic amines is 1. The van der Waals surface area contributed by atoms with Crippen LogP contribution in [0.15, 0.2) is 36.8 Å². The van der Waals surface area contributed by atoms with Gasteiger partial charge in [0, 0.05) is 19.2 Å². The van der Waals surface area contributed by atoms with Crippen LogP contribution in [0.4, 0.5) is 5.82 Å². The Kier molecular flexibility index (Phi) is 6.83. The van der Waals surface area contributed by atoms with Crippen LogP contribution in [0.5, 0.6) is 0 Å². The number of rotatable bonds is 8. The van der Waals surface area contributed by atoms with Gasteiger partial charge < -0.3 is 35.6 Å². The first kappa shape index (κ1) is 26.2. The molecule has 1 aliphatic heterocycles. The minimum atomic E-state index is -1.06. The predicted molar refractivity (Wildman–Crippen MR) is 150 cm³/mol. The molecular weight excluding hydrogens is 494 g/mol. The molecule has 6 N–H and O–H groups in total. The van der Waals surface area contributed by atoms with Crippen LogP contribution in [-0.2, 0) is 16.6 Å². The van der Waals surface area contributed by atoms with Crippen molar-refractivity contribution in [3.8, 4) is 0 Å². The fourth-order valence-corrected chi connectivity index (χ4v) is 6.02. The van der Waals surface area contributed by atoms with E-state index < -0.39 is 24.5 Å². The number of aromatic nitrogens is 5. The molecule has 0 radical (unpaired) electrons. The van der Waals surface area contributed by atoms with Gasteiger partial charge in [-0.2, -0.15) is 0 Å². The molecule has 0 unspecified atom stereocenters. The molecule has 208 valence electrons. The second kappa shape index (κ2) is 10.2. The number of hydrogen-bond acceptors (Lipinski definition) is 8. The number of nitrogens with one attached hydrogen (secondary N) is 2. The highest BCUT2D eigenvalue weighted by atomic mass is 16.6. The van der Waals surface area contributed by atoms with Crippen molar-refractivity contribution in [2.45, 2.75) is 76.4 Å². The highest BCUT2D eigenvalue weighted by Gasteiger charge is 2.44. The van der Waals surface area contributed by atoms with E-state index in [0.717, 1.165) is 36.2 Å². The summed E-state index contributed by atoms with van der Waals surface area (Å²) in [6.45, 7) is 8.04. The lowest BCUT2D eigenvalue weighted by molar-refractivity contribution is -0.0343. The number of nitrogens with zero attached hydrogens (tertiary/aromatic N) is 4. The second-order valence-electron chi connectivity index (χ2n) is 12.3. The zero-order valence-electron chi connectivity index (χ0n) is 22.8. The summed E-state index contributed by atoms with van der Waals surface area (Å²) in [5.74, 6) is 2.78. The first-order valence-electron chi connectivity index (χ1n) is 14.0. The maximum absolute atomic E-state index is 10.7. The molecule has 0 bridgehead atoms. The van der Waals surface area contributed by atoms with Gasteiger partial charge in [0.2, 0.25) is 0 Å². The second-order valence-corrected chi connectivity index (χ2v) is 12.3. The zero-order chi connectivity index (χ0) is 27.3. The van der Waals surface area contributed by atoms with Crippen LogP contribution >= 0.6 is 0 Å². The highest BCUT2D eigenvalue weighted by Crippen LogP contribution is 2.37. The van der Waals surface area contributed by atoms with Gasteiger partial charge in [0.1, 0.15) is 41.9 Å². The lowest BCUT2D eigenvalue weighted by Gasteiger charge is -2.35. The lowest BCUT2D eigenvalue weighted by Crippen LogP contribution is -2.41. The van der Waals surface area contributed by atoms with Crippen LogP contribution in [0.1, 0.15) is 57.6 Å². The van der Waals surface area contributed by atoms with Gasteiger partial charge in [-0.05, 0) is 66.8 Å². The number of nitrogens with two attached hydrogens (primary N) is 1. The van der Waals surface area contributed by atoms with Crippen molar-refractivity contribution in [3.05, 3.63) is 48.2 Å². The van der Waals surface area contributed by atoms with Crippen LogP contribution in [0.3, 0.4) is 0 Å². The summed E-state index contributed by atoms with van der Waals surface area (Å²) >= 11 is 0. The number of aliphatic hydroxyl groups is 2. The van der Waals surface area contributed by atoms with Crippen molar-refractivity contribution in [2.75, 3.05) is 18.8 Å². The van der Waals surface area contributed by atoms with Crippen LogP contribution < -0.4 is 11.1 Å². The van der Waals surface area contributed by atoms with Crippen LogP contribution in [0.2, 0.25) is 0 Å². The molecule has 1 aliphatic carbocycles. The van der Waals surface area contributed by atoms with E-state index in [1.54, 1.807) is 16.8 Å². The van der Waals surface area contributed by atoms with Crippen molar-refractivity contribution >= 4 is 27.9 Å². The third kappa shape index (κ3) is 5.14. The Bertz CT molecular complexity index is 1450. The summed E-state index contributed by atoms with van der Waals surface area (Å²) in [7, 11) is 0. The van der Waals surface area contributed by atoms with Crippen molar-refractivity contribution < 1.29 is 14.9 Å². The molecule has 0 spiro atoms. The summed E-state index contributed by atoms with van der Waals surface area (Å²) < 4.78 is 7.77. The average Bonchev–Trinajstić information content (AvgIpc) is 3.56. The smallest absolute Gasteiger partial charge is 0.164 e. The molecule has 0 amide bonds. The molecule has 2 fully saturated rings. The number of nitrogen functional groups attached to an aromatic ring is 1.